The Hall–Kier alpha value is -1.33. The minimum absolute atomic E-state index is 0.130. The molecule has 0 amide bonds. The third kappa shape index (κ3) is 1.51. The second-order valence-corrected chi connectivity index (χ2v) is 3.76. The summed E-state index contributed by atoms with van der Waals surface area (Å²) in [5.41, 5.74) is 1.30. The Kier molecular flexibility index (Phi) is 2.51. The lowest BCUT2D eigenvalue weighted by Gasteiger charge is -2.41. The summed E-state index contributed by atoms with van der Waals surface area (Å²) in [6.45, 7) is 3.22. The standard InChI is InChI=1S/C12H14N2/c1-10(11-5-3-2-4-6-11)14-8-7-12(14)9-13/h2-6,10,12H,7-8H2,1H3. The zero-order valence-corrected chi connectivity index (χ0v) is 8.35. The molecular formula is C12H14N2. The summed E-state index contributed by atoms with van der Waals surface area (Å²) in [6, 6.07) is 13.2. The molecule has 0 spiro atoms. The van der Waals surface area contributed by atoms with Gasteiger partial charge >= 0.3 is 0 Å². The third-order valence-electron chi connectivity index (χ3n) is 2.99. The average Bonchev–Trinajstić information content (AvgIpc) is 2.18. The summed E-state index contributed by atoms with van der Waals surface area (Å²) in [4.78, 5) is 2.25. The summed E-state index contributed by atoms with van der Waals surface area (Å²) in [6.07, 6.45) is 1.02. The van der Waals surface area contributed by atoms with E-state index in [-0.39, 0.29) is 6.04 Å². The van der Waals surface area contributed by atoms with Gasteiger partial charge in [0, 0.05) is 12.6 Å². The van der Waals surface area contributed by atoms with Gasteiger partial charge in [-0.1, -0.05) is 30.3 Å². The molecule has 2 rings (SSSR count). The Morgan fingerprint density at radius 2 is 2.14 bits per heavy atom. The number of nitriles is 1. The highest BCUT2D eigenvalue weighted by Gasteiger charge is 2.31. The van der Waals surface area contributed by atoms with E-state index in [1.807, 2.05) is 18.2 Å². The fourth-order valence-electron chi connectivity index (χ4n) is 1.93. The predicted molar refractivity (Wildman–Crippen MR) is 55.6 cm³/mol. The van der Waals surface area contributed by atoms with Crippen molar-refractivity contribution in [3.63, 3.8) is 0 Å². The summed E-state index contributed by atoms with van der Waals surface area (Å²) in [5.74, 6) is 0. The van der Waals surface area contributed by atoms with Crippen molar-refractivity contribution >= 4 is 0 Å². The molecule has 1 fully saturated rings. The van der Waals surface area contributed by atoms with Gasteiger partial charge in [-0.15, -0.1) is 0 Å². The van der Waals surface area contributed by atoms with E-state index in [0.717, 1.165) is 13.0 Å². The molecule has 0 saturated carbocycles. The summed E-state index contributed by atoms with van der Waals surface area (Å²) < 4.78 is 0. The normalized spacial score (nSPS) is 23.6. The van der Waals surface area contributed by atoms with Gasteiger partial charge in [-0.2, -0.15) is 5.26 Å². The molecule has 0 bridgehead atoms. The van der Waals surface area contributed by atoms with E-state index in [1.165, 1.54) is 5.56 Å². The van der Waals surface area contributed by atoms with E-state index < -0.39 is 0 Å². The Bertz CT molecular complexity index is 339. The third-order valence-corrected chi connectivity index (χ3v) is 2.99. The van der Waals surface area contributed by atoms with Crippen molar-refractivity contribution in [2.75, 3.05) is 6.54 Å². The van der Waals surface area contributed by atoms with Gasteiger partial charge in [0.2, 0.25) is 0 Å². The van der Waals surface area contributed by atoms with Crippen molar-refractivity contribution in [1.29, 1.82) is 5.26 Å². The highest BCUT2D eigenvalue weighted by molar-refractivity contribution is 5.20. The van der Waals surface area contributed by atoms with Crippen LogP contribution in [0.5, 0.6) is 0 Å². The van der Waals surface area contributed by atoms with Crippen molar-refractivity contribution in [1.82, 2.24) is 4.90 Å². The van der Waals surface area contributed by atoms with Crippen molar-refractivity contribution in [2.45, 2.75) is 25.4 Å². The predicted octanol–water partition coefficient (Wildman–Crippen LogP) is 2.35. The van der Waals surface area contributed by atoms with Crippen LogP contribution in [0.25, 0.3) is 0 Å². The van der Waals surface area contributed by atoms with Crippen LogP contribution in [-0.2, 0) is 0 Å². The minimum Gasteiger partial charge on any atom is -0.281 e. The molecule has 1 aromatic carbocycles. The second kappa shape index (κ2) is 3.81. The lowest BCUT2D eigenvalue weighted by molar-refractivity contribution is 0.0834. The van der Waals surface area contributed by atoms with E-state index in [9.17, 15) is 0 Å². The maximum Gasteiger partial charge on any atom is 0.0995 e. The molecule has 1 saturated heterocycles. The van der Waals surface area contributed by atoms with E-state index in [1.54, 1.807) is 0 Å². The van der Waals surface area contributed by atoms with Crippen LogP contribution < -0.4 is 0 Å². The molecule has 0 aromatic heterocycles. The second-order valence-electron chi connectivity index (χ2n) is 3.76. The van der Waals surface area contributed by atoms with Gasteiger partial charge < -0.3 is 0 Å². The number of hydrogen-bond donors (Lipinski definition) is 0. The van der Waals surface area contributed by atoms with Crippen LogP contribution in [0.4, 0.5) is 0 Å². The zero-order chi connectivity index (χ0) is 9.97. The molecule has 0 aliphatic carbocycles. The molecule has 1 heterocycles. The Morgan fingerprint density at radius 1 is 1.43 bits per heavy atom. The number of benzene rings is 1. The first-order valence-electron chi connectivity index (χ1n) is 5.03. The van der Waals surface area contributed by atoms with E-state index in [2.05, 4.69) is 30.0 Å². The highest BCUT2D eigenvalue weighted by Crippen LogP contribution is 2.29. The van der Waals surface area contributed by atoms with E-state index >= 15 is 0 Å². The van der Waals surface area contributed by atoms with Gasteiger partial charge in [-0.25, -0.2) is 0 Å². The number of likely N-dealkylation sites (tertiary alicyclic amines) is 1. The van der Waals surface area contributed by atoms with E-state index in [0.29, 0.717) is 6.04 Å². The number of hydrogen-bond acceptors (Lipinski definition) is 2. The van der Waals surface area contributed by atoms with Crippen LogP contribution in [0.3, 0.4) is 0 Å². The molecule has 1 aliphatic rings. The monoisotopic (exact) mass is 186 g/mol. The van der Waals surface area contributed by atoms with Gasteiger partial charge in [0.25, 0.3) is 0 Å². The molecule has 2 unspecified atom stereocenters. The van der Waals surface area contributed by atoms with Crippen molar-refractivity contribution in [2.24, 2.45) is 0 Å². The average molecular weight is 186 g/mol. The van der Waals surface area contributed by atoms with Gasteiger partial charge in [0.15, 0.2) is 0 Å². The van der Waals surface area contributed by atoms with Crippen LogP contribution in [0, 0.1) is 11.3 Å². The van der Waals surface area contributed by atoms with Crippen molar-refractivity contribution in [3.05, 3.63) is 35.9 Å². The summed E-state index contributed by atoms with van der Waals surface area (Å²) in [5, 5.41) is 8.86. The topological polar surface area (TPSA) is 27.0 Å². The molecule has 2 heteroatoms. The number of rotatable bonds is 2. The highest BCUT2D eigenvalue weighted by atomic mass is 15.2. The van der Waals surface area contributed by atoms with Gasteiger partial charge in [0.05, 0.1) is 12.1 Å². The molecule has 1 aromatic rings. The van der Waals surface area contributed by atoms with Gasteiger partial charge in [-0.05, 0) is 18.9 Å². The van der Waals surface area contributed by atoms with Crippen LogP contribution in [0.2, 0.25) is 0 Å². The van der Waals surface area contributed by atoms with Gasteiger partial charge in [-0.3, -0.25) is 4.90 Å². The first kappa shape index (κ1) is 9.23. The summed E-state index contributed by atoms with van der Waals surface area (Å²) >= 11 is 0. The first-order valence-corrected chi connectivity index (χ1v) is 5.03. The first-order chi connectivity index (χ1) is 6.83. The van der Waals surface area contributed by atoms with E-state index in [4.69, 9.17) is 5.26 Å². The maximum absolute atomic E-state index is 8.86. The smallest absolute Gasteiger partial charge is 0.0995 e. The molecule has 2 nitrogen and oxygen atoms in total. The van der Waals surface area contributed by atoms with Crippen LogP contribution in [0.1, 0.15) is 24.9 Å². The Balaban J connectivity index is 2.10. The maximum atomic E-state index is 8.86. The lowest BCUT2D eigenvalue weighted by atomic mass is 9.97. The molecule has 1 aliphatic heterocycles. The fraction of sp³-hybridized carbons (Fsp3) is 0.417. The molecule has 72 valence electrons. The van der Waals surface area contributed by atoms with Crippen LogP contribution in [-0.4, -0.2) is 17.5 Å². The molecule has 0 radical (unpaired) electrons. The SMILES string of the molecule is CC(c1ccccc1)N1CCC1C#N. The largest absolute Gasteiger partial charge is 0.281 e. The van der Waals surface area contributed by atoms with Gasteiger partial charge in [0.1, 0.15) is 0 Å². The fourth-order valence-corrected chi connectivity index (χ4v) is 1.93. The Morgan fingerprint density at radius 3 is 2.64 bits per heavy atom. The summed E-state index contributed by atoms with van der Waals surface area (Å²) in [7, 11) is 0. The molecule has 0 N–H and O–H groups in total. The van der Waals surface area contributed by atoms with Crippen LogP contribution >= 0.6 is 0 Å². The zero-order valence-electron chi connectivity index (χ0n) is 8.35. The molecular weight excluding hydrogens is 172 g/mol. The number of nitrogens with zero attached hydrogens (tertiary/aromatic N) is 2. The quantitative estimate of drug-likeness (QED) is 0.709. The molecule has 2 atom stereocenters. The van der Waals surface area contributed by atoms with Crippen molar-refractivity contribution < 1.29 is 0 Å². The van der Waals surface area contributed by atoms with Crippen molar-refractivity contribution in [3.8, 4) is 6.07 Å². The molecule has 14 heavy (non-hydrogen) atoms. The lowest BCUT2D eigenvalue weighted by Crippen LogP contribution is -2.47. The minimum atomic E-state index is 0.130. The Labute approximate surface area is 84.8 Å². The van der Waals surface area contributed by atoms with Crippen LogP contribution in [0.15, 0.2) is 30.3 Å².